The van der Waals surface area contributed by atoms with Crippen molar-refractivity contribution in [3.05, 3.63) is 181 Å². The zero-order valence-electron chi connectivity index (χ0n) is 22.5. The number of hydrogen-bond acceptors (Lipinski definition) is 2. The van der Waals surface area contributed by atoms with Crippen LogP contribution >= 0.6 is 0 Å². The molecule has 0 aliphatic heterocycles. The first-order valence-corrected chi connectivity index (χ1v) is 13.6. The molecule has 0 amide bonds. The van der Waals surface area contributed by atoms with Crippen LogP contribution in [0.15, 0.2) is 159 Å². The van der Waals surface area contributed by atoms with Crippen LogP contribution in [0.3, 0.4) is 0 Å². The average molecular weight is 515 g/mol. The van der Waals surface area contributed by atoms with Gasteiger partial charge in [-0.05, 0) is 35.1 Å². The van der Waals surface area contributed by atoms with Crippen molar-refractivity contribution in [2.45, 2.75) is 36.4 Å². The second-order valence-corrected chi connectivity index (χ2v) is 9.74. The smallest absolute Gasteiger partial charge is 0.0785 e. The zero-order chi connectivity index (χ0) is 27.3. The molecule has 0 aliphatic rings. The molecule has 198 valence electrons. The van der Waals surface area contributed by atoms with E-state index in [9.17, 15) is 5.11 Å². The summed E-state index contributed by atoms with van der Waals surface area (Å²) in [6.07, 6.45) is 8.36. The normalized spacial score (nSPS) is 13.3. The molecule has 0 saturated carbocycles. The SMILES string of the molecule is C=CCO[C@H](CC=C)C(C=CCC(O)C(c1ccccc1)c1ccccc1)(c1ccccc1)c1ccccc1. The Morgan fingerprint density at radius 1 is 0.641 bits per heavy atom. The van der Waals surface area contributed by atoms with Crippen LogP contribution in [0.25, 0.3) is 0 Å². The van der Waals surface area contributed by atoms with E-state index >= 15 is 0 Å². The number of ether oxygens (including phenoxy) is 1. The maximum absolute atomic E-state index is 11.6. The van der Waals surface area contributed by atoms with Crippen LogP contribution in [0.5, 0.6) is 0 Å². The largest absolute Gasteiger partial charge is 0.392 e. The summed E-state index contributed by atoms with van der Waals surface area (Å²) in [5.74, 6) is -0.138. The van der Waals surface area contributed by atoms with Gasteiger partial charge in [0.25, 0.3) is 0 Å². The minimum atomic E-state index is -0.609. The minimum Gasteiger partial charge on any atom is -0.392 e. The molecule has 0 spiro atoms. The van der Waals surface area contributed by atoms with E-state index in [1.165, 1.54) is 0 Å². The van der Waals surface area contributed by atoms with Gasteiger partial charge in [-0.25, -0.2) is 0 Å². The first kappa shape index (κ1) is 28.0. The summed E-state index contributed by atoms with van der Waals surface area (Å²) in [5.41, 5.74) is 3.86. The van der Waals surface area contributed by atoms with Gasteiger partial charge in [0.2, 0.25) is 0 Å². The third kappa shape index (κ3) is 6.72. The first-order valence-electron chi connectivity index (χ1n) is 13.6. The second kappa shape index (κ2) is 14.2. The van der Waals surface area contributed by atoms with Crippen LogP contribution in [0.2, 0.25) is 0 Å². The average Bonchev–Trinajstić information content (AvgIpc) is 3.00. The lowest BCUT2D eigenvalue weighted by Gasteiger charge is -2.39. The van der Waals surface area contributed by atoms with Crippen LogP contribution < -0.4 is 0 Å². The first-order chi connectivity index (χ1) is 19.2. The van der Waals surface area contributed by atoms with Crippen LogP contribution in [-0.4, -0.2) is 23.9 Å². The van der Waals surface area contributed by atoms with E-state index in [-0.39, 0.29) is 12.0 Å². The summed E-state index contributed by atoms with van der Waals surface area (Å²) < 4.78 is 6.45. The molecule has 0 aliphatic carbocycles. The molecule has 4 rings (SSSR count). The van der Waals surface area contributed by atoms with E-state index in [4.69, 9.17) is 4.74 Å². The highest BCUT2D eigenvalue weighted by Crippen LogP contribution is 2.41. The summed E-state index contributed by atoms with van der Waals surface area (Å²) in [5, 5.41) is 11.6. The van der Waals surface area contributed by atoms with Crippen LogP contribution in [0, 0.1) is 0 Å². The Hall–Kier alpha value is -3.98. The van der Waals surface area contributed by atoms with Crippen molar-refractivity contribution >= 4 is 0 Å². The lowest BCUT2D eigenvalue weighted by atomic mass is 9.68. The fraction of sp³-hybridized carbons (Fsp3) is 0.189. The molecule has 2 heteroatoms. The highest BCUT2D eigenvalue weighted by atomic mass is 16.5. The number of aliphatic hydroxyl groups excluding tert-OH is 1. The van der Waals surface area contributed by atoms with E-state index < -0.39 is 11.5 Å². The molecule has 1 N–H and O–H groups in total. The monoisotopic (exact) mass is 514 g/mol. The summed E-state index contributed by atoms with van der Waals surface area (Å²) in [7, 11) is 0. The summed E-state index contributed by atoms with van der Waals surface area (Å²) >= 11 is 0. The maximum atomic E-state index is 11.6. The van der Waals surface area contributed by atoms with E-state index in [1.807, 2.05) is 54.6 Å². The molecule has 39 heavy (non-hydrogen) atoms. The number of benzene rings is 4. The van der Waals surface area contributed by atoms with E-state index in [0.717, 1.165) is 22.3 Å². The van der Waals surface area contributed by atoms with Crippen molar-refractivity contribution in [3.63, 3.8) is 0 Å². The zero-order valence-corrected chi connectivity index (χ0v) is 22.5. The highest BCUT2D eigenvalue weighted by Gasteiger charge is 2.40. The van der Waals surface area contributed by atoms with Crippen LogP contribution in [0.1, 0.15) is 41.0 Å². The van der Waals surface area contributed by atoms with Gasteiger partial charge in [-0.15, -0.1) is 13.2 Å². The lowest BCUT2D eigenvalue weighted by molar-refractivity contribution is 0.0424. The fourth-order valence-electron chi connectivity index (χ4n) is 5.47. The Labute approximate surface area is 233 Å². The molecule has 0 bridgehead atoms. The third-order valence-electron chi connectivity index (χ3n) is 7.27. The van der Waals surface area contributed by atoms with Crippen molar-refractivity contribution in [2.24, 2.45) is 0 Å². The molecule has 0 fully saturated rings. The topological polar surface area (TPSA) is 29.5 Å². The molecule has 4 aromatic carbocycles. The van der Waals surface area contributed by atoms with Gasteiger partial charge in [0.15, 0.2) is 0 Å². The number of rotatable bonds is 14. The van der Waals surface area contributed by atoms with Crippen LogP contribution in [0.4, 0.5) is 0 Å². The maximum Gasteiger partial charge on any atom is 0.0785 e. The van der Waals surface area contributed by atoms with Crippen molar-refractivity contribution < 1.29 is 9.84 Å². The van der Waals surface area contributed by atoms with Gasteiger partial charge in [0, 0.05) is 5.92 Å². The summed E-state index contributed by atoms with van der Waals surface area (Å²) in [6, 6.07) is 41.4. The molecule has 2 nitrogen and oxygen atoms in total. The summed E-state index contributed by atoms with van der Waals surface area (Å²) in [6.45, 7) is 8.35. The van der Waals surface area contributed by atoms with Crippen LogP contribution in [-0.2, 0) is 10.2 Å². The molecule has 1 unspecified atom stereocenters. The predicted molar refractivity (Wildman–Crippen MR) is 163 cm³/mol. The Morgan fingerprint density at radius 2 is 1.10 bits per heavy atom. The number of hydrogen-bond donors (Lipinski definition) is 1. The summed E-state index contributed by atoms with van der Waals surface area (Å²) in [4.78, 5) is 0. The quantitative estimate of drug-likeness (QED) is 0.172. The van der Waals surface area contributed by atoms with E-state index in [2.05, 4.69) is 98.1 Å². The number of aliphatic hydroxyl groups is 1. The van der Waals surface area contributed by atoms with Gasteiger partial charge < -0.3 is 9.84 Å². The minimum absolute atomic E-state index is 0.138. The molecule has 4 aromatic rings. The Kier molecular flexibility index (Phi) is 10.2. The van der Waals surface area contributed by atoms with E-state index in [0.29, 0.717) is 19.4 Å². The fourth-order valence-corrected chi connectivity index (χ4v) is 5.47. The van der Waals surface area contributed by atoms with Gasteiger partial charge in [-0.3, -0.25) is 0 Å². The van der Waals surface area contributed by atoms with Gasteiger partial charge in [-0.1, -0.05) is 146 Å². The van der Waals surface area contributed by atoms with Crippen molar-refractivity contribution in [3.8, 4) is 0 Å². The van der Waals surface area contributed by atoms with Crippen molar-refractivity contribution in [1.29, 1.82) is 0 Å². The van der Waals surface area contributed by atoms with Gasteiger partial charge in [-0.2, -0.15) is 0 Å². The van der Waals surface area contributed by atoms with Gasteiger partial charge in [0.1, 0.15) is 0 Å². The molecular weight excluding hydrogens is 476 g/mol. The molecule has 0 aromatic heterocycles. The molecule has 0 radical (unpaired) electrons. The lowest BCUT2D eigenvalue weighted by Crippen LogP contribution is -2.41. The molecular formula is C37H38O2. The predicted octanol–water partition coefficient (Wildman–Crippen LogP) is 8.26. The Balaban J connectivity index is 1.77. The highest BCUT2D eigenvalue weighted by molar-refractivity contribution is 5.47. The van der Waals surface area contributed by atoms with Gasteiger partial charge >= 0.3 is 0 Å². The van der Waals surface area contributed by atoms with Crippen molar-refractivity contribution in [2.75, 3.05) is 6.61 Å². The van der Waals surface area contributed by atoms with Crippen molar-refractivity contribution in [1.82, 2.24) is 0 Å². The molecule has 0 saturated heterocycles. The standard InChI is InChI=1S/C37H38O2/c1-3-18-35(39-29-4-2)37(32-23-13-7-14-24-32,33-25-15-8-16-26-33)28-17-27-34(38)36(30-19-9-5-10-20-30)31-21-11-6-12-22-31/h3-17,19-26,28,34-36,38H,1-2,18,27,29H2/t34?,35-/m1/s1. The molecule has 0 heterocycles. The molecule has 2 atom stereocenters. The Morgan fingerprint density at radius 3 is 1.54 bits per heavy atom. The second-order valence-electron chi connectivity index (χ2n) is 9.74. The van der Waals surface area contributed by atoms with E-state index in [1.54, 1.807) is 6.08 Å². The van der Waals surface area contributed by atoms with Gasteiger partial charge in [0.05, 0.1) is 24.2 Å². The third-order valence-corrected chi connectivity index (χ3v) is 7.27. The Bertz CT molecular complexity index is 1220.